The van der Waals surface area contributed by atoms with Crippen LogP contribution in [0.4, 0.5) is 11.4 Å². The van der Waals surface area contributed by atoms with Crippen molar-refractivity contribution in [2.45, 2.75) is 59.3 Å². The Morgan fingerprint density at radius 2 is 1.37 bits per heavy atom. The fraction of sp³-hybridized carbons (Fsp3) is 0.400. The van der Waals surface area contributed by atoms with E-state index in [2.05, 4.69) is 43.6 Å². The van der Waals surface area contributed by atoms with Crippen molar-refractivity contribution in [3.8, 4) is 11.5 Å². The topological polar surface area (TPSA) is 133 Å². The molecule has 0 spiro atoms. The third kappa shape index (κ3) is 5.18. The predicted octanol–water partition coefficient (Wildman–Crippen LogP) is 7.37. The Bertz CT molecular complexity index is 1550. The van der Waals surface area contributed by atoms with Gasteiger partial charge >= 0.3 is 5.69 Å². The number of carbonyl (C=O) groups is 2. The first-order chi connectivity index (χ1) is 19.1. The zero-order valence-corrected chi connectivity index (χ0v) is 25.0. The van der Waals surface area contributed by atoms with E-state index in [1.807, 2.05) is 11.9 Å². The van der Waals surface area contributed by atoms with Crippen LogP contribution in [0.2, 0.25) is 0 Å². The predicted molar refractivity (Wildman–Crippen MR) is 155 cm³/mol. The molecule has 0 amide bonds. The van der Waals surface area contributed by atoms with Gasteiger partial charge in [-0.1, -0.05) is 43.6 Å². The lowest BCUT2D eigenvalue weighted by Crippen LogP contribution is -2.43. The molecule has 0 bridgehead atoms. The van der Waals surface area contributed by atoms with Gasteiger partial charge in [0.2, 0.25) is 5.75 Å². The van der Waals surface area contributed by atoms with Crippen molar-refractivity contribution in [3.63, 3.8) is 0 Å². The van der Waals surface area contributed by atoms with Crippen LogP contribution in [0.3, 0.4) is 0 Å². The minimum absolute atomic E-state index is 0.0514. The largest absolute Gasteiger partial charge is 0.450 e. The van der Waals surface area contributed by atoms with Crippen LogP contribution < -0.4 is 4.74 Å². The van der Waals surface area contributed by atoms with Gasteiger partial charge in [-0.25, -0.2) is 0 Å². The molecule has 11 heteroatoms. The number of allylic oxidation sites excluding steroid dienone is 4. The Morgan fingerprint density at radius 1 is 0.829 bits per heavy atom. The van der Waals surface area contributed by atoms with Gasteiger partial charge < -0.3 is 9.64 Å². The Labute approximate surface area is 245 Å². The first-order valence-corrected chi connectivity index (χ1v) is 14.0. The highest BCUT2D eigenvalue weighted by molar-refractivity contribution is 9.10. The third-order valence-electron chi connectivity index (χ3n) is 8.03. The van der Waals surface area contributed by atoms with Crippen LogP contribution in [-0.2, 0) is 9.59 Å². The lowest BCUT2D eigenvalue weighted by molar-refractivity contribution is -0.394. The lowest BCUT2D eigenvalue weighted by atomic mass is 9.63. The van der Waals surface area contributed by atoms with Crippen molar-refractivity contribution in [1.82, 2.24) is 4.90 Å². The molecule has 0 fully saturated rings. The molecule has 0 unspecified atom stereocenters. The van der Waals surface area contributed by atoms with E-state index in [0.717, 1.165) is 23.5 Å². The van der Waals surface area contributed by atoms with Gasteiger partial charge in [-0.15, -0.1) is 0 Å². The molecule has 0 saturated carbocycles. The van der Waals surface area contributed by atoms with Gasteiger partial charge in [-0.05, 0) is 47.9 Å². The molecule has 214 valence electrons. The summed E-state index contributed by atoms with van der Waals surface area (Å²) >= 11 is 3.51. The zero-order chi connectivity index (χ0) is 30.0. The van der Waals surface area contributed by atoms with E-state index in [1.165, 1.54) is 6.07 Å². The zero-order valence-electron chi connectivity index (χ0n) is 23.4. The minimum Gasteiger partial charge on any atom is -0.450 e. The van der Waals surface area contributed by atoms with E-state index in [9.17, 15) is 29.8 Å². The van der Waals surface area contributed by atoms with E-state index in [4.69, 9.17) is 4.74 Å². The Hall–Kier alpha value is -3.86. The SMILES string of the molecule is CN1C2=C(C(=O)CC(C)(C)C2)C(c2cc(Br)ccc2Oc2ccc([N+](=O)[O-])cc2[N+](=O)[O-])C2=C1CC(C)(C)CC2=O. The van der Waals surface area contributed by atoms with E-state index in [0.29, 0.717) is 46.9 Å². The van der Waals surface area contributed by atoms with Crippen molar-refractivity contribution in [1.29, 1.82) is 0 Å². The molecule has 2 aromatic carbocycles. The molecule has 0 aromatic heterocycles. The number of halogens is 1. The number of nitrogens with zero attached hydrogens (tertiary/aromatic N) is 3. The van der Waals surface area contributed by atoms with Gasteiger partial charge in [0.05, 0.1) is 15.9 Å². The van der Waals surface area contributed by atoms with Crippen LogP contribution in [0.5, 0.6) is 11.5 Å². The summed E-state index contributed by atoms with van der Waals surface area (Å²) in [6.07, 6.45) is 1.92. The number of carbonyl (C=O) groups excluding carboxylic acids is 2. The second kappa shape index (κ2) is 9.90. The molecule has 0 N–H and O–H groups in total. The van der Waals surface area contributed by atoms with Gasteiger partial charge in [0, 0.05) is 64.5 Å². The van der Waals surface area contributed by atoms with Crippen LogP contribution >= 0.6 is 15.9 Å². The molecule has 2 aliphatic carbocycles. The molecule has 3 aliphatic rings. The summed E-state index contributed by atoms with van der Waals surface area (Å²) in [4.78, 5) is 51.4. The number of rotatable bonds is 5. The molecule has 5 rings (SSSR count). The van der Waals surface area contributed by atoms with Crippen molar-refractivity contribution in [2.75, 3.05) is 7.05 Å². The summed E-state index contributed by atoms with van der Waals surface area (Å²) in [7, 11) is 1.92. The van der Waals surface area contributed by atoms with Gasteiger partial charge in [0.15, 0.2) is 11.6 Å². The number of benzene rings is 2. The summed E-state index contributed by atoms with van der Waals surface area (Å²) in [6, 6.07) is 8.28. The van der Waals surface area contributed by atoms with E-state index < -0.39 is 27.1 Å². The fourth-order valence-corrected chi connectivity index (χ4v) is 6.66. The van der Waals surface area contributed by atoms with Gasteiger partial charge in [-0.3, -0.25) is 29.8 Å². The van der Waals surface area contributed by atoms with E-state index in [1.54, 1.807) is 18.2 Å². The second-order valence-electron chi connectivity index (χ2n) is 12.5. The van der Waals surface area contributed by atoms with Gasteiger partial charge in [-0.2, -0.15) is 0 Å². The average molecular weight is 624 g/mol. The Balaban J connectivity index is 1.74. The monoisotopic (exact) mass is 623 g/mol. The van der Waals surface area contributed by atoms with Crippen LogP contribution in [0.15, 0.2) is 63.4 Å². The number of non-ortho nitro benzene ring substituents is 1. The Kier molecular flexibility index (Phi) is 6.92. The number of ketones is 2. The van der Waals surface area contributed by atoms with Crippen molar-refractivity contribution in [2.24, 2.45) is 10.8 Å². The molecular weight excluding hydrogens is 594 g/mol. The quantitative estimate of drug-likeness (QED) is 0.249. The second-order valence-corrected chi connectivity index (χ2v) is 13.5. The summed E-state index contributed by atoms with van der Waals surface area (Å²) in [6.45, 7) is 8.22. The van der Waals surface area contributed by atoms with Crippen molar-refractivity contribution < 1.29 is 24.2 Å². The number of Topliss-reactive ketones (excluding diaryl/α,β-unsaturated/α-hetero) is 2. The summed E-state index contributed by atoms with van der Waals surface area (Å²) in [5, 5.41) is 23.1. The number of nitro groups is 2. The molecule has 10 nitrogen and oxygen atoms in total. The van der Waals surface area contributed by atoms with Crippen LogP contribution in [0.1, 0.15) is 64.9 Å². The molecule has 2 aromatic rings. The average Bonchev–Trinajstić information content (AvgIpc) is 2.85. The highest BCUT2D eigenvalue weighted by Gasteiger charge is 2.49. The molecule has 1 aliphatic heterocycles. The number of ether oxygens (including phenoxy) is 1. The van der Waals surface area contributed by atoms with Crippen LogP contribution in [0.25, 0.3) is 0 Å². The van der Waals surface area contributed by atoms with Crippen molar-refractivity contribution in [3.05, 3.63) is 89.2 Å². The minimum atomic E-state index is -0.739. The lowest BCUT2D eigenvalue weighted by Gasteiger charge is -2.48. The summed E-state index contributed by atoms with van der Waals surface area (Å²) in [5.41, 5.74) is 1.79. The van der Waals surface area contributed by atoms with Gasteiger partial charge in [0.25, 0.3) is 5.69 Å². The third-order valence-corrected chi connectivity index (χ3v) is 8.53. The standard InChI is InChI=1S/C30H30BrN3O7/c1-29(2)12-20-27(22(35)14-29)26(28-21(32(20)5)13-30(3,4)15-23(28)36)18-10-16(31)6-8-24(18)41-25-9-7-17(33(37)38)11-19(25)34(39)40/h6-11,26H,12-15H2,1-5H3. The van der Waals surface area contributed by atoms with Gasteiger partial charge in [0.1, 0.15) is 5.75 Å². The summed E-state index contributed by atoms with van der Waals surface area (Å²) in [5.74, 6) is -0.802. The molecular formula is C30H30BrN3O7. The molecule has 0 saturated heterocycles. The smallest absolute Gasteiger partial charge is 0.318 e. The molecule has 41 heavy (non-hydrogen) atoms. The maximum atomic E-state index is 13.9. The summed E-state index contributed by atoms with van der Waals surface area (Å²) < 4.78 is 6.79. The normalized spacial score (nSPS) is 20.1. The molecule has 0 radical (unpaired) electrons. The first kappa shape index (κ1) is 28.7. The highest BCUT2D eigenvalue weighted by Crippen LogP contribution is 2.55. The van der Waals surface area contributed by atoms with E-state index >= 15 is 0 Å². The number of hydrogen-bond acceptors (Lipinski definition) is 8. The number of nitro benzene ring substituents is 2. The molecule has 0 atom stereocenters. The highest BCUT2D eigenvalue weighted by atomic mass is 79.9. The van der Waals surface area contributed by atoms with E-state index in [-0.39, 0.29) is 33.9 Å². The fourth-order valence-electron chi connectivity index (χ4n) is 6.28. The Morgan fingerprint density at radius 3 is 1.88 bits per heavy atom. The van der Waals surface area contributed by atoms with Crippen LogP contribution in [-0.4, -0.2) is 33.4 Å². The van der Waals surface area contributed by atoms with Crippen molar-refractivity contribution >= 4 is 38.9 Å². The van der Waals surface area contributed by atoms with Crippen LogP contribution in [0, 0.1) is 31.1 Å². The first-order valence-electron chi connectivity index (χ1n) is 13.2. The molecule has 1 heterocycles. The number of hydrogen-bond donors (Lipinski definition) is 0. The maximum Gasteiger partial charge on any atom is 0.318 e. The maximum absolute atomic E-state index is 13.9.